The third kappa shape index (κ3) is 4.83. The normalized spacial score (nSPS) is 10.8. The molecule has 0 radical (unpaired) electrons. The summed E-state index contributed by atoms with van der Waals surface area (Å²) in [7, 11) is 0. The van der Waals surface area contributed by atoms with Gasteiger partial charge in [-0.2, -0.15) is 5.26 Å². The fourth-order valence-corrected chi connectivity index (χ4v) is 5.42. The highest BCUT2D eigenvalue weighted by molar-refractivity contribution is 6.05. The fraction of sp³-hybridized carbons (Fsp3) is 0. The van der Waals surface area contributed by atoms with Crippen LogP contribution in [-0.4, -0.2) is 9.97 Å². The average molecular weight is 536 g/mol. The Labute approximate surface area is 245 Å². The molecule has 0 aliphatic carbocycles. The molecular formula is C39H25N3. The van der Waals surface area contributed by atoms with E-state index in [9.17, 15) is 5.26 Å². The number of nitriles is 1. The predicted molar refractivity (Wildman–Crippen MR) is 171 cm³/mol. The van der Waals surface area contributed by atoms with E-state index in [1.54, 1.807) is 0 Å². The minimum absolute atomic E-state index is 0.662. The maximum atomic E-state index is 9.20. The van der Waals surface area contributed by atoms with Crippen LogP contribution < -0.4 is 0 Å². The Morgan fingerprint density at radius 1 is 0.405 bits per heavy atom. The summed E-state index contributed by atoms with van der Waals surface area (Å²) in [5, 5.41) is 11.6. The Morgan fingerprint density at radius 2 is 0.833 bits per heavy atom. The molecule has 0 saturated heterocycles. The van der Waals surface area contributed by atoms with Crippen molar-refractivity contribution in [1.82, 2.24) is 9.97 Å². The summed E-state index contributed by atoms with van der Waals surface area (Å²) in [6, 6.07) is 53.9. The summed E-state index contributed by atoms with van der Waals surface area (Å²) in [5.41, 5.74) is 10.1. The zero-order valence-corrected chi connectivity index (χ0v) is 22.8. The van der Waals surface area contributed by atoms with Crippen LogP contribution in [0.15, 0.2) is 152 Å². The molecule has 3 heteroatoms. The van der Waals surface area contributed by atoms with E-state index in [4.69, 9.17) is 9.97 Å². The highest BCUT2D eigenvalue weighted by atomic mass is 14.9. The lowest BCUT2D eigenvalue weighted by Gasteiger charge is -2.13. The van der Waals surface area contributed by atoms with Gasteiger partial charge in [-0.05, 0) is 51.2 Å². The largest absolute Gasteiger partial charge is 0.228 e. The summed E-state index contributed by atoms with van der Waals surface area (Å²) in [5.74, 6) is 0.709. The second-order valence-corrected chi connectivity index (χ2v) is 10.2. The Hall–Kier alpha value is -5.85. The van der Waals surface area contributed by atoms with Gasteiger partial charge in [-0.3, -0.25) is 0 Å². The molecule has 0 saturated carbocycles. The molecule has 0 aliphatic heterocycles. The number of hydrogen-bond donors (Lipinski definition) is 0. The lowest BCUT2D eigenvalue weighted by molar-refractivity contribution is 1.18. The first-order valence-electron chi connectivity index (χ1n) is 13.9. The van der Waals surface area contributed by atoms with Crippen molar-refractivity contribution in [3.8, 4) is 62.2 Å². The lowest BCUT2D eigenvalue weighted by Crippen LogP contribution is -1.95. The van der Waals surface area contributed by atoms with Crippen LogP contribution in [0.3, 0.4) is 0 Å². The van der Waals surface area contributed by atoms with Gasteiger partial charge >= 0.3 is 0 Å². The lowest BCUT2D eigenvalue weighted by atomic mass is 9.91. The van der Waals surface area contributed by atoms with Gasteiger partial charge in [0.15, 0.2) is 5.82 Å². The number of rotatable bonds is 5. The van der Waals surface area contributed by atoms with Crippen molar-refractivity contribution >= 4 is 10.8 Å². The van der Waals surface area contributed by atoms with Crippen molar-refractivity contribution in [2.75, 3.05) is 0 Å². The summed E-state index contributed by atoms with van der Waals surface area (Å²) in [6.07, 6.45) is 0. The Balaban J connectivity index is 1.29. The van der Waals surface area contributed by atoms with Gasteiger partial charge in [0.1, 0.15) is 0 Å². The summed E-state index contributed by atoms with van der Waals surface area (Å²) in [6.45, 7) is 0. The second-order valence-electron chi connectivity index (χ2n) is 10.2. The Morgan fingerprint density at radius 3 is 1.36 bits per heavy atom. The maximum absolute atomic E-state index is 9.20. The molecule has 0 amide bonds. The van der Waals surface area contributed by atoms with Crippen LogP contribution in [0.2, 0.25) is 0 Å². The molecule has 0 atom stereocenters. The minimum Gasteiger partial charge on any atom is -0.228 e. The molecule has 0 spiro atoms. The molecule has 3 nitrogen and oxygen atoms in total. The van der Waals surface area contributed by atoms with Crippen LogP contribution in [0.25, 0.3) is 66.9 Å². The third-order valence-electron chi connectivity index (χ3n) is 7.57. The van der Waals surface area contributed by atoms with E-state index >= 15 is 0 Å². The van der Waals surface area contributed by atoms with Gasteiger partial charge in [0.25, 0.3) is 0 Å². The highest BCUT2D eigenvalue weighted by Gasteiger charge is 2.13. The SMILES string of the molecule is N#Cc1ccc(-c2ccc(-c3ccc(-c4cc(-c5ccccc5)nc(-c5ccccc5)n4)cc3)c3ccccc23)cc1. The molecule has 7 aromatic rings. The van der Waals surface area contributed by atoms with Crippen LogP contribution in [0, 0.1) is 11.3 Å². The quantitative estimate of drug-likeness (QED) is 0.220. The third-order valence-corrected chi connectivity index (χ3v) is 7.57. The first-order valence-corrected chi connectivity index (χ1v) is 13.9. The van der Waals surface area contributed by atoms with Crippen molar-refractivity contribution in [2.24, 2.45) is 0 Å². The summed E-state index contributed by atoms with van der Waals surface area (Å²) >= 11 is 0. The first-order chi connectivity index (χ1) is 20.8. The molecule has 196 valence electrons. The predicted octanol–water partition coefficient (Wildman–Crippen LogP) is 9.84. The molecule has 0 aliphatic rings. The van der Waals surface area contributed by atoms with Crippen LogP contribution in [0.1, 0.15) is 5.56 Å². The van der Waals surface area contributed by atoms with Crippen molar-refractivity contribution in [3.05, 3.63) is 157 Å². The summed E-state index contributed by atoms with van der Waals surface area (Å²) < 4.78 is 0. The standard InChI is InChI=1S/C39H25N3/c40-26-27-15-17-28(18-16-27)33-23-24-34(36-14-8-7-13-35(33)36)29-19-21-31(22-20-29)38-25-37(30-9-3-1-4-10-30)41-39(42-38)32-11-5-2-6-12-32/h1-25H. The topological polar surface area (TPSA) is 49.6 Å². The minimum atomic E-state index is 0.662. The van der Waals surface area contributed by atoms with Crippen molar-refractivity contribution in [2.45, 2.75) is 0 Å². The van der Waals surface area contributed by atoms with Crippen LogP contribution in [0.5, 0.6) is 0 Å². The van der Waals surface area contributed by atoms with E-state index in [1.165, 1.54) is 16.3 Å². The fourth-order valence-electron chi connectivity index (χ4n) is 5.42. The Bertz CT molecular complexity index is 2000. The van der Waals surface area contributed by atoms with Gasteiger partial charge in [0.2, 0.25) is 0 Å². The molecular weight excluding hydrogens is 510 g/mol. The van der Waals surface area contributed by atoms with Crippen molar-refractivity contribution in [3.63, 3.8) is 0 Å². The average Bonchev–Trinajstić information content (AvgIpc) is 3.08. The monoisotopic (exact) mass is 535 g/mol. The molecule has 1 heterocycles. The number of benzene rings is 6. The van der Waals surface area contributed by atoms with E-state index in [-0.39, 0.29) is 0 Å². The maximum Gasteiger partial charge on any atom is 0.160 e. The molecule has 0 unspecified atom stereocenters. The zero-order valence-electron chi connectivity index (χ0n) is 22.8. The zero-order chi connectivity index (χ0) is 28.3. The molecule has 0 N–H and O–H groups in total. The van der Waals surface area contributed by atoms with Crippen molar-refractivity contribution < 1.29 is 0 Å². The van der Waals surface area contributed by atoms with Crippen molar-refractivity contribution in [1.29, 1.82) is 5.26 Å². The molecule has 6 aromatic carbocycles. The van der Waals surface area contributed by atoms with Crippen LogP contribution in [0.4, 0.5) is 0 Å². The van der Waals surface area contributed by atoms with Crippen LogP contribution >= 0.6 is 0 Å². The highest BCUT2D eigenvalue weighted by Crippen LogP contribution is 2.36. The van der Waals surface area contributed by atoms with Gasteiger partial charge in [0, 0.05) is 16.7 Å². The van der Waals surface area contributed by atoms with E-state index < -0.39 is 0 Å². The van der Waals surface area contributed by atoms with Crippen LogP contribution in [-0.2, 0) is 0 Å². The molecule has 0 fully saturated rings. The number of aromatic nitrogens is 2. The molecule has 1 aromatic heterocycles. The van der Waals surface area contributed by atoms with Gasteiger partial charge in [-0.25, -0.2) is 9.97 Å². The second kappa shape index (κ2) is 11.0. The van der Waals surface area contributed by atoms with E-state index in [0.717, 1.165) is 44.8 Å². The number of fused-ring (bicyclic) bond motifs is 1. The Kier molecular flexibility index (Phi) is 6.56. The molecule has 0 bridgehead atoms. The molecule has 42 heavy (non-hydrogen) atoms. The van der Waals surface area contributed by atoms with E-state index in [2.05, 4.69) is 84.9 Å². The van der Waals surface area contributed by atoms with Gasteiger partial charge in [-0.1, -0.05) is 133 Å². The van der Waals surface area contributed by atoms with E-state index in [0.29, 0.717) is 11.4 Å². The number of hydrogen-bond acceptors (Lipinski definition) is 3. The first kappa shape index (κ1) is 25.1. The summed E-state index contributed by atoms with van der Waals surface area (Å²) in [4.78, 5) is 9.89. The van der Waals surface area contributed by atoms with Gasteiger partial charge < -0.3 is 0 Å². The van der Waals surface area contributed by atoms with Gasteiger partial charge in [0.05, 0.1) is 23.0 Å². The smallest absolute Gasteiger partial charge is 0.160 e. The van der Waals surface area contributed by atoms with E-state index in [1.807, 2.05) is 72.8 Å². The number of nitrogens with zero attached hydrogens (tertiary/aromatic N) is 3. The molecule has 7 rings (SSSR count). The van der Waals surface area contributed by atoms with Gasteiger partial charge in [-0.15, -0.1) is 0 Å².